The van der Waals surface area contributed by atoms with Crippen molar-refractivity contribution in [3.05, 3.63) is 40.8 Å². The van der Waals surface area contributed by atoms with Crippen LogP contribution in [0.2, 0.25) is 0 Å². The van der Waals surface area contributed by atoms with E-state index in [4.69, 9.17) is 0 Å². The van der Waals surface area contributed by atoms with Crippen LogP contribution in [0.1, 0.15) is 6.42 Å². The largest absolute Gasteiger partial charge is 0.329 e. The van der Waals surface area contributed by atoms with E-state index in [9.17, 15) is 13.2 Å². The second kappa shape index (κ2) is 8.12. The van der Waals surface area contributed by atoms with Crippen LogP contribution in [0.25, 0.3) is 10.8 Å². The molecular formula is C14H19Cl2N3O3S. The molecule has 0 amide bonds. The topological polar surface area (TPSA) is 82.3 Å². The molecule has 0 radical (unpaired) electrons. The molecule has 6 nitrogen and oxygen atoms in total. The lowest BCUT2D eigenvalue weighted by Crippen LogP contribution is -2.34. The molecule has 1 aromatic heterocycles. The van der Waals surface area contributed by atoms with Gasteiger partial charge in [-0.2, -0.15) is 4.31 Å². The van der Waals surface area contributed by atoms with Gasteiger partial charge in [0.25, 0.3) is 5.56 Å². The zero-order chi connectivity index (χ0) is 14.9. The van der Waals surface area contributed by atoms with Gasteiger partial charge in [0.1, 0.15) is 0 Å². The molecule has 0 atom stereocenters. The second-order valence-corrected chi connectivity index (χ2v) is 7.00. The lowest BCUT2D eigenvalue weighted by atomic mass is 10.2. The van der Waals surface area contributed by atoms with Crippen molar-refractivity contribution in [1.82, 2.24) is 14.6 Å². The molecule has 128 valence electrons. The van der Waals surface area contributed by atoms with Crippen LogP contribution < -0.4 is 10.9 Å². The third-order valence-corrected chi connectivity index (χ3v) is 5.58. The van der Waals surface area contributed by atoms with Crippen molar-refractivity contribution in [2.24, 2.45) is 0 Å². The van der Waals surface area contributed by atoms with Crippen molar-refractivity contribution in [2.45, 2.75) is 11.3 Å². The highest BCUT2D eigenvalue weighted by molar-refractivity contribution is 7.89. The summed E-state index contributed by atoms with van der Waals surface area (Å²) in [6, 6.07) is 6.35. The number of nitrogens with one attached hydrogen (secondary N) is 2. The fourth-order valence-electron chi connectivity index (χ4n) is 2.54. The molecule has 2 heterocycles. The highest BCUT2D eigenvalue weighted by Gasteiger charge is 2.25. The molecule has 0 aliphatic carbocycles. The van der Waals surface area contributed by atoms with E-state index in [0.29, 0.717) is 30.4 Å². The fourth-order valence-corrected chi connectivity index (χ4v) is 4.06. The molecule has 1 saturated heterocycles. The van der Waals surface area contributed by atoms with Gasteiger partial charge < -0.3 is 10.3 Å². The summed E-state index contributed by atoms with van der Waals surface area (Å²) in [6.07, 6.45) is 2.32. The number of aromatic nitrogens is 1. The van der Waals surface area contributed by atoms with Crippen molar-refractivity contribution < 1.29 is 8.42 Å². The molecule has 3 rings (SSSR count). The Hall–Kier alpha value is -1.12. The second-order valence-electron chi connectivity index (χ2n) is 5.06. The van der Waals surface area contributed by atoms with Crippen molar-refractivity contribution >= 4 is 45.6 Å². The number of nitrogens with zero attached hydrogens (tertiary/aromatic N) is 1. The number of hydrogen-bond donors (Lipinski definition) is 2. The molecule has 0 spiro atoms. The van der Waals surface area contributed by atoms with Gasteiger partial charge >= 0.3 is 0 Å². The summed E-state index contributed by atoms with van der Waals surface area (Å²) in [4.78, 5) is 14.5. The maximum Gasteiger partial charge on any atom is 0.255 e. The van der Waals surface area contributed by atoms with E-state index < -0.39 is 10.0 Å². The SMILES string of the molecule is Cl.Cl.O=c1[nH]ccc2cc(S(=O)(=O)N3CCCNCC3)ccc12. The average Bonchev–Trinajstić information content (AvgIpc) is 2.77. The Bertz CT molecular complexity index is 815. The molecule has 2 N–H and O–H groups in total. The number of fused-ring (bicyclic) bond motifs is 1. The van der Waals surface area contributed by atoms with Crippen molar-refractivity contribution in [3.63, 3.8) is 0 Å². The van der Waals surface area contributed by atoms with Crippen LogP contribution in [0.5, 0.6) is 0 Å². The number of aromatic amines is 1. The van der Waals surface area contributed by atoms with E-state index >= 15 is 0 Å². The number of benzene rings is 1. The highest BCUT2D eigenvalue weighted by Crippen LogP contribution is 2.20. The summed E-state index contributed by atoms with van der Waals surface area (Å²) in [6.45, 7) is 2.48. The lowest BCUT2D eigenvalue weighted by molar-refractivity contribution is 0.432. The third kappa shape index (κ3) is 4.05. The minimum atomic E-state index is -3.51. The monoisotopic (exact) mass is 379 g/mol. The predicted molar refractivity (Wildman–Crippen MR) is 95.3 cm³/mol. The lowest BCUT2D eigenvalue weighted by Gasteiger charge is -2.19. The number of sulfonamides is 1. The number of pyridine rings is 1. The third-order valence-electron chi connectivity index (χ3n) is 3.68. The first-order chi connectivity index (χ1) is 10.1. The summed E-state index contributed by atoms with van der Waals surface area (Å²) in [5.74, 6) is 0. The minimum absolute atomic E-state index is 0. The molecule has 1 aliphatic rings. The van der Waals surface area contributed by atoms with Crippen LogP contribution in [-0.4, -0.2) is 43.9 Å². The Kier molecular flexibility index (Phi) is 7.03. The fraction of sp³-hybridized carbons (Fsp3) is 0.357. The first kappa shape index (κ1) is 19.9. The number of rotatable bonds is 2. The van der Waals surface area contributed by atoms with Crippen LogP contribution in [-0.2, 0) is 10.0 Å². The number of halogens is 2. The first-order valence-electron chi connectivity index (χ1n) is 6.91. The number of hydrogen-bond acceptors (Lipinski definition) is 4. The van der Waals surface area contributed by atoms with E-state index in [1.807, 2.05) is 0 Å². The van der Waals surface area contributed by atoms with Crippen LogP contribution in [0.3, 0.4) is 0 Å². The van der Waals surface area contributed by atoms with Crippen molar-refractivity contribution in [3.8, 4) is 0 Å². The molecule has 2 aromatic rings. The number of H-pyrrole nitrogens is 1. The Morgan fingerprint density at radius 2 is 1.83 bits per heavy atom. The van der Waals surface area contributed by atoms with Gasteiger partial charge in [0.05, 0.1) is 4.90 Å². The van der Waals surface area contributed by atoms with E-state index in [0.717, 1.165) is 13.0 Å². The zero-order valence-corrected chi connectivity index (χ0v) is 14.8. The van der Waals surface area contributed by atoms with E-state index in [1.54, 1.807) is 18.2 Å². The maximum absolute atomic E-state index is 12.7. The Labute approximate surface area is 147 Å². The molecule has 0 unspecified atom stereocenters. The summed E-state index contributed by atoms with van der Waals surface area (Å²) >= 11 is 0. The Morgan fingerprint density at radius 3 is 2.61 bits per heavy atom. The average molecular weight is 380 g/mol. The van der Waals surface area contributed by atoms with Gasteiger partial charge in [-0.25, -0.2) is 8.42 Å². The molecule has 1 aliphatic heterocycles. The smallest absolute Gasteiger partial charge is 0.255 e. The first-order valence-corrected chi connectivity index (χ1v) is 8.35. The predicted octanol–water partition coefficient (Wildman–Crippen LogP) is 1.36. The molecule has 1 fully saturated rings. The van der Waals surface area contributed by atoms with E-state index in [1.165, 1.54) is 16.6 Å². The van der Waals surface area contributed by atoms with Gasteiger partial charge in [0.15, 0.2) is 0 Å². The van der Waals surface area contributed by atoms with Gasteiger partial charge in [-0.05, 0) is 42.6 Å². The van der Waals surface area contributed by atoms with Crippen LogP contribution in [0.4, 0.5) is 0 Å². The van der Waals surface area contributed by atoms with Crippen LogP contribution in [0, 0.1) is 0 Å². The normalized spacial score (nSPS) is 16.2. The Morgan fingerprint density at radius 1 is 1.04 bits per heavy atom. The van der Waals surface area contributed by atoms with E-state index in [2.05, 4.69) is 10.3 Å². The van der Waals surface area contributed by atoms with Crippen LogP contribution >= 0.6 is 24.8 Å². The van der Waals surface area contributed by atoms with Crippen LogP contribution in [0.15, 0.2) is 40.2 Å². The minimum Gasteiger partial charge on any atom is -0.329 e. The van der Waals surface area contributed by atoms with Gasteiger partial charge in [0.2, 0.25) is 10.0 Å². The summed E-state index contributed by atoms with van der Waals surface area (Å²) in [5, 5.41) is 4.31. The molecule has 0 bridgehead atoms. The standard InChI is InChI=1S/C14H17N3O3S.2ClH/c18-14-13-3-2-12(10-11(13)4-6-16-14)21(19,20)17-8-1-5-15-7-9-17;;/h2-4,6,10,15H,1,5,7-9H2,(H,16,18);2*1H. The summed E-state index contributed by atoms with van der Waals surface area (Å²) < 4.78 is 26.9. The van der Waals surface area contributed by atoms with Crippen molar-refractivity contribution in [1.29, 1.82) is 0 Å². The van der Waals surface area contributed by atoms with E-state index in [-0.39, 0.29) is 35.3 Å². The maximum atomic E-state index is 12.7. The summed E-state index contributed by atoms with van der Waals surface area (Å²) in [7, 11) is -3.51. The zero-order valence-electron chi connectivity index (χ0n) is 12.3. The molecule has 1 aromatic carbocycles. The van der Waals surface area contributed by atoms with Gasteiger partial charge in [-0.3, -0.25) is 4.79 Å². The van der Waals surface area contributed by atoms with Gasteiger partial charge in [-0.15, -0.1) is 24.8 Å². The molecule has 9 heteroatoms. The molecule has 0 saturated carbocycles. The molecular weight excluding hydrogens is 361 g/mol. The highest BCUT2D eigenvalue weighted by atomic mass is 35.5. The quantitative estimate of drug-likeness (QED) is 0.824. The summed E-state index contributed by atoms with van der Waals surface area (Å²) in [5.41, 5.74) is -0.213. The van der Waals surface area contributed by atoms with Gasteiger partial charge in [0, 0.05) is 31.2 Å². The van der Waals surface area contributed by atoms with Crippen molar-refractivity contribution in [2.75, 3.05) is 26.2 Å². The Balaban J connectivity index is 0.00000132. The van der Waals surface area contributed by atoms with Gasteiger partial charge in [-0.1, -0.05) is 0 Å². The molecule has 23 heavy (non-hydrogen) atoms.